The average molecular weight is 333 g/mol. The second-order valence-electron chi connectivity index (χ2n) is 6.01. The van der Waals surface area contributed by atoms with Crippen LogP contribution in [0.3, 0.4) is 0 Å². The fraction of sp³-hybridized carbons (Fsp3) is 0.375. The Kier molecular flexibility index (Phi) is 4.59. The molecule has 2 N–H and O–H groups in total. The van der Waals surface area contributed by atoms with Gasteiger partial charge in [-0.2, -0.15) is 0 Å². The van der Waals surface area contributed by atoms with Crippen LogP contribution in [0.1, 0.15) is 20.3 Å². The highest BCUT2D eigenvalue weighted by Gasteiger charge is 2.34. The quantitative estimate of drug-likeness (QED) is 0.822. The van der Waals surface area contributed by atoms with Crippen LogP contribution in [0, 0.1) is 0 Å². The van der Waals surface area contributed by atoms with E-state index in [1.54, 1.807) is 24.3 Å². The number of aromatic nitrogens is 2. The number of nitrogens with zero attached hydrogens (tertiary/aromatic N) is 2. The highest BCUT2D eigenvalue weighted by molar-refractivity contribution is 5.86. The van der Waals surface area contributed by atoms with Gasteiger partial charge in [0.15, 0.2) is 0 Å². The maximum Gasteiger partial charge on any atom is 0.329 e. The van der Waals surface area contributed by atoms with Crippen LogP contribution < -0.4 is 11.1 Å². The molecule has 8 nitrogen and oxygen atoms in total. The van der Waals surface area contributed by atoms with Gasteiger partial charge < -0.3 is 10.0 Å². The molecule has 2 rings (SSSR count). The SMILES string of the molecule is CN(C(=O)CCn1[nH]c(=O)c2ccccc2c1=O)C(C)(C)C(=O)O. The standard InChI is InChI=1S/C16H19N3O5/c1-16(2,15(23)24)18(3)12(20)8-9-19-14(22)11-7-5-4-6-10(11)13(21)17-19/h4-7H,8-9H2,1-3H3,(H,17,21)(H,23,24). The zero-order valence-electron chi connectivity index (χ0n) is 13.7. The number of carboxylic acid groups (broad SMARTS) is 1. The molecule has 1 amide bonds. The van der Waals surface area contributed by atoms with Crippen molar-refractivity contribution in [1.82, 2.24) is 14.7 Å². The number of carbonyl (C=O) groups is 2. The summed E-state index contributed by atoms with van der Waals surface area (Å²) in [4.78, 5) is 48.8. The van der Waals surface area contributed by atoms with Crippen LogP contribution in [-0.2, 0) is 16.1 Å². The number of carboxylic acids is 1. The number of rotatable bonds is 5. The third kappa shape index (κ3) is 3.08. The monoisotopic (exact) mass is 333 g/mol. The molecule has 1 aromatic heterocycles. The van der Waals surface area contributed by atoms with Crippen molar-refractivity contribution in [2.45, 2.75) is 32.4 Å². The Hall–Kier alpha value is -2.90. The van der Waals surface area contributed by atoms with E-state index in [-0.39, 0.29) is 23.7 Å². The van der Waals surface area contributed by atoms with E-state index < -0.39 is 28.5 Å². The topological polar surface area (TPSA) is 112 Å². The Balaban J connectivity index is 2.24. The number of likely N-dealkylation sites (N-methyl/N-ethyl adjacent to an activating group) is 1. The summed E-state index contributed by atoms with van der Waals surface area (Å²) in [5.41, 5.74) is -2.19. The molecular weight excluding hydrogens is 314 g/mol. The Morgan fingerprint density at radius 2 is 1.79 bits per heavy atom. The number of amides is 1. The van der Waals surface area contributed by atoms with Gasteiger partial charge in [-0.25, -0.2) is 9.48 Å². The molecule has 1 heterocycles. The first-order valence-corrected chi connectivity index (χ1v) is 7.38. The molecule has 0 spiro atoms. The number of aryl methyl sites for hydroxylation is 1. The van der Waals surface area contributed by atoms with Crippen LogP contribution in [0.4, 0.5) is 0 Å². The summed E-state index contributed by atoms with van der Waals surface area (Å²) >= 11 is 0. The largest absolute Gasteiger partial charge is 0.480 e. The van der Waals surface area contributed by atoms with Gasteiger partial charge in [0, 0.05) is 13.5 Å². The van der Waals surface area contributed by atoms with Crippen LogP contribution in [0.2, 0.25) is 0 Å². The molecule has 0 radical (unpaired) electrons. The number of aliphatic carboxylic acids is 1. The summed E-state index contributed by atoms with van der Waals surface area (Å²) in [6.45, 7) is 2.78. The summed E-state index contributed by atoms with van der Waals surface area (Å²) < 4.78 is 1.07. The molecule has 0 saturated carbocycles. The lowest BCUT2D eigenvalue weighted by molar-refractivity contribution is -0.155. The molecule has 2 aromatic rings. The molecule has 0 aliphatic carbocycles. The predicted octanol–water partition coefficient (Wildman–Crippen LogP) is 0.401. The molecule has 128 valence electrons. The van der Waals surface area contributed by atoms with Crippen LogP contribution in [0.15, 0.2) is 33.9 Å². The highest BCUT2D eigenvalue weighted by Crippen LogP contribution is 2.13. The number of benzene rings is 1. The molecule has 1 aromatic carbocycles. The van der Waals surface area contributed by atoms with Gasteiger partial charge in [-0.1, -0.05) is 12.1 Å². The Labute approximate surface area is 137 Å². The van der Waals surface area contributed by atoms with Crippen LogP contribution in [-0.4, -0.2) is 44.3 Å². The lowest BCUT2D eigenvalue weighted by atomic mass is 10.0. The van der Waals surface area contributed by atoms with Crippen LogP contribution in [0.25, 0.3) is 10.8 Å². The van der Waals surface area contributed by atoms with E-state index >= 15 is 0 Å². The summed E-state index contributed by atoms with van der Waals surface area (Å²) in [6, 6.07) is 6.41. The smallest absolute Gasteiger partial charge is 0.329 e. The van der Waals surface area contributed by atoms with Gasteiger partial charge in [0.1, 0.15) is 5.54 Å². The molecule has 0 aliphatic heterocycles. The van der Waals surface area contributed by atoms with E-state index in [4.69, 9.17) is 5.11 Å². The van der Waals surface area contributed by atoms with Gasteiger partial charge in [0.05, 0.1) is 17.3 Å². The fourth-order valence-electron chi connectivity index (χ4n) is 2.23. The van der Waals surface area contributed by atoms with Gasteiger partial charge in [-0.05, 0) is 26.0 Å². The van der Waals surface area contributed by atoms with Crippen LogP contribution >= 0.6 is 0 Å². The van der Waals surface area contributed by atoms with Crippen LogP contribution in [0.5, 0.6) is 0 Å². The fourth-order valence-corrected chi connectivity index (χ4v) is 2.23. The van der Waals surface area contributed by atoms with Gasteiger partial charge in [-0.3, -0.25) is 19.5 Å². The lowest BCUT2D eigenvalue weighted by Gasteiger charge is -2.31. The zero-order valence-corrected chi connectivity index (χ0v) is 13.7. The Bertz CT molecular complexity index is 910. The molecule has 0 unspecified atom stereocenters. The van der Waals surface area contributed by atoms with Crippen molar-refractivity contribution < 1.29 is 14.7 Å². The molecule has 24 heavy (non-hydrogen) atoms. The van der Waals surface area contributed by atoms with Crippen molar-refractivity contribution in [3.63, 3.8) is 0 Å². The van der Waals surface area contributed by atoms with Crippen molar-refractivity contribution >= 4 is 22.6 Å². The summed E-state index contributed by atoms with van der Waals surface area (Å²) in [6.07, 6.45) is -0.110. The first-order chi connectivity index (χ1) is 11.2. The number of aromatic amines is 1. The average Bonchev–Trinajstić information content (AvgIpc) is 2.55. The Morgan fingerprint density at radius 3 is 2.38 bits per heavy atom. The number of hydrogen-bond donors (Lipinski definition) is 2. The molecule has 8 heteroatoms. The minimum Gasteiger partial charge on any atom is -0.480 e. The zero-order chi connectivity index (χ0) is 18.1. The number of hydrogen-bond acceptors (Lipinski definition) is 4. The van der Waals surface area contributed by atoms with Gasteiger partial charge in [-0.15, -0.1) is 0 Å². The predicted molar refractivity (Wildman–Crippen MR) is 87.9 cm³/mol. The number of nitrogens with one attached hydrogen (secondary N) is 1. The first kappa shape index (κ1) is 17.5. The van der Waals surface area contributed by atoms with Gasteiger partial charge >= 0.3 is 5.97 Å². The molecule has 0 aliphatic rings. The minimum absolute atomic E-state index is 0.0439. The van der Waals surface area contributed by atoms with Crippen molar-refractivity contribution in [1.29, 1.82) is 0 Å². The van der Waals surface area contributed by atoms with E-state index in [1.807, 2.05) is 0 Å². The van der Waals surface area contributed by atoms with Crippen molar-refractivity contribution in [2.24, 2.45) is 0 Å². The normalized spacial score (nSPS) is 11.5. The van der Waals surface area contributed by atoms with E-state index in [1.165, 1.54) is 20.9 Å². The highest BCUT2D eigenvalue weighted by atomic mass is 16.4. The maximum atomic E-state index is 12.3. The van der Waals surface area contributed by atoms with Crippen molar-refractivity contribution in [2.75, 3.05) is 7.05 Å². The van der Waals surface area contributed by atoms with E-state index in [2.05, 4.69) is 5.10 Å². The van der Waals surface area contributed by atoms with E-state index in [0.29, 0.717) is 0 Å². The third-order valence-corrected chi connectivity index (χ3v) is 4.17. The summed E-state index contributed by atoms with van der Waals surface area (Å²) in [5.74, 6) is -1.57. The summed E-state index contributed by atoms with van der Waals surface area (Å²) in [5, 5.41) is 12.1. The van der Waals surface area contributed by atoms with Gasteiger partial charge in [0.25, 0.3) is 11.1 Å². The lowest BCUT2D eigenvalue weighted by Crippen LogP contribution is -2.51. The minimum atomic E-state index is -1.36. The summed E-state index contributed by atoms with van der Waals surface area (Å²) in [7, 11) is 1.39. The number of fused-ring (bicyclic) bond motifs is 1. The second-order valence-corrected chi connectivity index (χ2v) is 6.01. The number of H-pyrrole nitrogens is 1. The third-order valence-electron chi connectivity index (χ3n) is 4.17. The van der Waals surface area contributed by atoms with Crippen molar-refractivity contribution in [3.8, 4) is 0 Å². The molecule has 0 atom stereocenters. The molecule has 0 saturated heterocycles. The van der Waals surface area contributed by atoms with E-state index in [9.17, 15) is 19.2 Å². The molecule has 0 bridgehead atoms. The Morgan fingerprint density at radius 1 is 1.21 bits per heavy atom. The first-order valence-electron chi connectivity index (χ1n) is 7.38. The second kappa shape index (κ2) is 6.31. The molecular formula is C16H19N3O5. The van der Waals surface area contributed by atoms with Crippen molar-refractivity contribution in [3.05, 3.63) is 45.0 Å². The molecule has 0 fully saturated rings. The van der Waals surface area contributed by atoms with E-state index in [0.717, 1.165) is 9.58 Å². The van der Waals surface area contributed by atoms with Gasteiger partial charge in [0.2, 0.25) is 5.91 Å². The maximum absolute atomic E-state index is 12.3. The number of carbonyl (C=O) groups excluding carboxylic acids is 1.